The maximum Gasteiger partial charge on any atom is 0.391 e. The molecule has 1 rings (SSSR count). The summed E-state index contributed by atoms with van der Waals surface area (Å²) in [6.45, 7) is 2.72. The van der Waals surface area contributed by atoms with Crippen molar-refractivity contribution in [1.29, 1.82) is 0 Å². The molecule has 1 unspecified atom stereocenters. The third-order valence-electron chi connectivity index (χ3n) is 4.30. The molecule has 1 atom stereocenters. The Morgan fingerprint density at radius 2 is 1.76 bits per heavy atom. The molecule has 21 heavy (non-hydrogen) atoms. The Morgan fingerprint density at radius 1 is 1.19 bits per heavy atom. The van der Waals surface area contributed by atoms with Crippen LogP contribution in [0.5, 0.6) is 0 Å². The van der Waals surface area contributed by atoms with Gasteiger partial charge < -0.3 is 5.32 Å². The van der Waals surface area contributed by atoms with E-state index in [2.05, 4.69) is 5.32 Å². The summed E-state index contributed by atoms with van der Waals surface area (Å²) in [4.78, 5) is 0. The molecule has 126 valence electrons. The van der Waals surface area contributed by atoms with E-state index in [9.17, 15) is 21.6 Å². The highest BCUT2D eigenvalue weighted by atomic mass is 32.2. The van der Waals surface area contributed by atoms with Crippen molar-refractivity contribution < 1.29 is 21.6 Å². The first-order valence-electron chi connectivity index (χ1n) is 7.61. The van der Waals surface area contributed by atoms with Crippen molar-refractivity contribution in [2.75, 3.05) is 18.6 Å². The Labute approximate surface area is 125 Å². The molecular formula is C14H26F3NO2S. The van der Waals surface area contributed by atoms with Crippen molar-refractivity contribution in [3.8, 4) is 0 Å². The van der Waals surface area contributed by atoms with E-state index >= 15 is 0 Å². The number of rotatable bonds is 7. The van der Waals surface area contributed by atoms with Crippen molar-refractivity contribution in [3.63, 3.8) is 0 Å². The van der Waals surface area contributed by atoms with Gasteiger partial charge >= 0.3 is 6.18 Å². The highest BCUT2D eigenvalue weighted by Gasteiger charge is 2.42. The second-order valence-electron chi connectivity index (χ2n) is 6.09. The average Bonchev–Trinajstić information content (AvgIpc) is 2.35. The van der Waals surface area contributed by atoms with Crippen LogP contribution in [0.25, 0.3) is 0 Å². The predicted molar refractivity (Wildman–Crippen MR) is 77.9 cm³/mol. The van der Waals surface area contributed by atoms with Crippen molar-refractivity contribution in [2.24, 2.45) is 11.8 Å². The van der Waals surface area contributed by atoms with E-state index in [-0.39, 0.29) is 30.6 Å². The van der Waals surface area contributed by atoms with Gasteiger partial charge in [-0.2, -0.15) is 13.2 Å². The SMILES string of the molecule is CCNC(CCCS(C)(=O)=O)C1CCC(C(F)(F)F)CC1. The molecule has 0 aromatic carbocycles. The third-order valence-corrected chi connectivity index (χ3v) is 5.33. The lowest BCUT2D eigenvalue weighted by molar-refractivity contribution is -0.184. The summed E-state index contributed by atoms with van der Waals surface area (Å²) in [6.07, 6.45) is -0.0532. The number of hydrogen-bond acceptors (Lipinski definition) is 3. The molecule has 0 aromatic rings. The largest absolute Gasteiger partial charge is 0.391 e. The highest BCUT2D eigenvalue weighted by Crippen LogP contribution is 2.40. The third kappa shape index (κ3) is 7.00. The molecule has 1 N–H and O–H groups in total. The number of nitrogens with one attached hydrogen (secondary N) is 1. The van der Waals surface area contributed by atoms with Gasteiger partial charge in [0.1, 0.15) is 9.84 Å². The lowest BCUT2D eigenvalue weighted by atomic mass is 9.77. The second kappa shape index (κ2) is 7.81. The molecule has 3 nitrogen and oxygen atoms in total. The van der Waals surface area contributed by atoms with Gasteiger partial charge in [-0.1, -0.05) is 6.92 Å². The molecule has 0 heterocycles. The fraction of sp³-hybridized carbons (Fsp3) is 1.00. The van der Waals surface area contributed by atoms with Crippen LogP contribution in [0.4, 0.5) is 13.2 Å². The van der Waals surface area contributed by atoms with E-state index in [0.717, 1.165) is 6.54 Å². The quantitative estimate of drug-likeness (QED) is 0.780. The topological polar surface area (TPSA) is 46.2 Å². The fourth-order valence-corrected chi connectivity index (χ4v) is 3.87. The van der Waals surface area contributed by atoms with Crippen molar-refractivity contribution >= 4 is 9.84 Å². The van der Waals surface area contributed by atoms with Crippen molar-refractivity contribution in [2.45, 2.75) is 57.7 Å². The molecule has 0 aromatic heterocycles. The van der Waals surface area contributed by atoms with E-state index in [1.807, 2.05) is 6.92 Å². The van der Waals surface area contributed by atoms with Crippen LogP contribution < -0.4 is 5.32 Å². The number of alkyl halides is 3. The minimum Gasteiger partial charge on any atom is -0.314 e. The first kappa shape index (κ1) is 18.7. The molecule has 1 saturated carbocycles. The van der Waals surface area contributed by atoms with Crippen molar-refractivity contribution in [3.05, 3.63) is 0 Å². The lowest BCUT2D eigenvalue weighted by Crippen LogP contribution is -2.40. The average molecular weight is 329 g/mol. The van der Waals surface area contributed by atoms with Crippen LogP contribution in [-0.4, -0.2) is 39.2 Å². The summed E-state index contributed by atoms with van der Waals surface area (Å²) in [5.74, 6) is -0.789. The zero-order valence-corrected chi connectivity index (χ0v) is 13.6. The van der Waals surface area contributed by atoms with Gasteiger partial charge in [-0.25, -0.2) is 8.42 Å². The minimum atomic E-state index is -4.07. The maximum absolute atomic E-state index is 12.7. The number of hydrogen-bond donors (Lipinski definition) is 1. The van der Waals surface area contributed by atoms with Gasteiger partial charge in [0.25, 0.3) is 0 Å². The molecular weight excluding hydrogens is 303 g/mol. The van der Waals surface area contributed by atoms with Gasteiger partial charge in [0.05, 0.1) is 5.92 Å². The smallest absolute Gasteiger partial charge is 0.314 e. The van der Waals surface area contributed by atoms with Gasteiger partial charge in [0.2, 0.25) is 0 Å². The zero-order chi connectivity index (χ0) is 16.1. The lowest BCUT2D eigenvalue weighted by Gasteiger charge is -2.35. The Hall–Kier alpha value is -0.300. The van der Waals surface area contributed by atoms with Crippen LogP contribution >= 0.6 is 0 Å². The normalized spacial score (nSPS) is 25.8. The summed E-state index contributed by atoms with van der Waals surface area (Å²) in [7, 11) is -2.97. The second-order valence-corrected chi connectivity index (χ2v) is 8.35. The Bertz CT molecular complexity index is 401. The zero-order valence-electron chi connectivity index (χ0n) is 12.7. The molecule has 7 heteroatoms. The van der Waals surface area contributed by atoms with Gasteiger partial charge in [-0.05, 0) is 51.0 Å². The van der Waals surface area contributed by atoms with Crippen LogP contribution in [0, 0.1) is 11.8 Å². The molecule has 0 amide bonds. The maximum atomic E-state index is 12.7. The van der Waals surface area contributed by atoms with E-state index in [1.54, 1.807) is 0 Å². The number of halogens is 3. The summed E-state index contributed by atoms with van der Waals surface area (Å²) < 4.78 is 60.3. The van der Waals surface area contributed by atoms with Crippen LogP contribution in [0.3, 0.4) is 0 Å². The molecule has 0 bridgehead atoms. The summed E-state index contributed by atoms with van der Waals surface area (Å²) in [6, 6.07) is 0.130. The first-order valence-corrected chi connectivity index (χ1v) is 9.67. The van der Waals surface area contributed by atoms with Gasteiger partial charge in [-0.15, -0.1) is 0 Å². The highest BCUT2D eigenvalue weighted by molar-refractivity contribution is 7.90. The van der Waals surface area contributed by atoms with Gasteiger partial charge in [-0.3, -0.25) is 0 Å². The molecule has 0 radical (unpaired) electrons. The molecule has 1 aliphatic carbocycles. The van der Waals surface area contributed by atoms with Crippen LogP contribution in [0.2, 0.25) is 0 Å². The number of sulfone groups is 1. The van der Waals surface area contributed by atoms with Crippen molar-refractivity contribution in [1.82, 2.24) is 5.32 Å². The van der Waals surface area contributed by atoms with E-state index in [4.69, 9.17) is 0 Å². The molecule has 0 aliphatic heterocycles. The summed E-state index contributed by atoms with van der Waals surface area (Å²) in [5, 5.41) is 3.32. The minimum absolute atomic E-state index is 0.130. The monoisotopic (exact) mass is 329 g/mol. The standard InChI is InChI=1S/C14H26F3NO2S/c1-3-18-13(5-4-10-21(2,19)20)11-6-8-12(9-7-11)14(15,16)17/h11-13,18H,3-10H2,1-2H3. The Morgan fingerprint density at radius 3 is 2.19 bits per heavy atom. The van der Waals surface area contributed by atoms with Crippen LogP contribution in [0.1, 0.15) is 45.4 Å². The molecule has 1 fully saturated rings. The summed E-state index contributed by atoms with van der Waals surface area (Å²) >= 11 is 0. The fourth-order valence-electron chi connectivity index (χ4n) is 3.18. The van der Waals surface area contributed by atoms with Gasteiger partial charge in [0, 0.05) is 18.1 Å². The van der Waals surface area contributed by atoms with Gasteiger partial charge in [0.15, 0.2) is 0 Å². The van der Waals surface area contributed by atoms with Crippen LogP contribution in [0.15, 0.2) is 0 Å². The van der Waals surface area contributed by atoms with E-state index < -0.39 is 21.9 Å². The molecule has 0 spiro atoms. The molecule has 0 saturated heterocycles. The Balaban J connectivity index is 2.47. The Kier molecular flexibility index (Phi) is 6.97. The molecule has 1 aliphatic rings. The summed E-state index contributed by atoms with van der Waals surface area (Å²) in [5.41, 5.74) is 0. The van der Waals surface area contributed by atoms with Crippen LogP contribution in [-0.2, 0) is 9.84 Å². The van der Waals surface area contributed by atoms with E-state index in [1.165, 1.54) is 6.26 Å². The van der Waals surface area contributed by atoms with E-state index in [0.29, 0.717) is 25.7 Å². The first-order chi connectivity index (χ1) is 9.63. The predicted octanol–water partition coefficient (Wildman–Crippen LogP) is 3.16.